The number of unbranched alkanes of at least 4 members (excludes halogenated alkanes) is 10. The maximum atomic E-state index is 8.74. The summed E-state index contributed by atoms with van der Waals surface area (Å²) >= 11 is 0. The molecule has 0 amide bonds. The third kappa shape index (κ3) is 45.0. The maximum absolute atomic E-state index is 8.74. The fourth-order valence-corrected chi connectivity index (χ4v) is 2.03. The van der Waals surface area contributed by atoms with Crippen molar-refractivity contribution in [3.05, 3.63) is 0 Å². The van der Waals surface area contributed by atoms with Gasteiger partial charge in [-0.25, -0.2) is 0 Å². The Labute approximate surface area is 162 Å². The van der Waals surface area contributed by atoms with E-state index < -0.39 is 16.4 Å². The third-order valence-corrected chi connectivity index (χ3v) is 3.12. The predicted molar refractivity (Wildman–Crippen MR) is 91.8 cm³/mol. The normalized spacial score (nSPS) is 11.4. The molecule has 0 aliphatic rings. The van der Waals surface area contributed by atoms with Gasteiger partial charge in [-0.1, -0.05) is 71.1 Å². The van der Waals surface area contributed by atoms with Crippen LogP contribution >= 0.6 is 0 Å². The summed E-state index contributed by atoms with van der Waals surface area (Å²) in [6.07, 6.45) is 13.5. The zero-order valence-electron chi connectivity index (χ0n) is 13.4. The van der Waals surface area contributed by atoms with Crippen molar-refractivity contribution in [3.63, 3.8) is 0 Å². The van der Waals surface area contributed by atoms with Crippen LogP contribution in [0.2, 0.25) is 0 Å². The minimum absolute atomic E-state index is 0. The van der Waals surface area contributed by atoms with Crippen LogP contribution in [0.25, 0.3) is 0 Å². The standard InChI is InChI=1S/C14H30O3.Na.H2O4S.H/c1-2-3-4-5-6-7-8-9-10-11-12-13-14(15,16)17;;1-5(2,3)4;/h15-17H,2-13H2,1H3;;(H2,1,2,3,4);. The quantitative estimate of drug-likeness (QED) is 0.154. The van der Waals surface area contributed by atoms with Crippen molar-refractivity contribution in [2.45, 2.75) is 89.9 Å². The number of rotatable bonds is 12. The Hall–Kier alpha value is 0.750. The molecule has 0 aliphatic carbocycles. The van der Waals surface area contributed by atoms with Gasteiger partial charge in [0.15, 0.2) is 0 Å². The summed E-state index contributed by atoms with van der Waals surface area (Å²) in [5, 5.41) is 26.0. The molecule has 0 rings (SSSR count). The van der Waals surface area contributed by atoms with Crippen LogP contribution in [0.5, 0.6) is 0 Å². The summed E-state index contributed by atoms with van der Waals surface area (Å²) in [6.45, 7) is 2.24. The molecule has 0 saturated heterocycles. The van der Waals surface area contributed by atoms with E-state index in [0.717, 1.165) is 12.8 Å². The molecule has 0 aromatic rings. The molecule has 7 nitrogen and oxygen atoms in total. The SMILES string of the molecule is CCCCCCCCCCCCCC(O)(O)O.O=S(=O)(O)O.[NaH]. The molecule has 23 heavy (non-hydrogen) atoms. The first kappa shape index (κ1) is 28.5. The van der Waals surface area contributed by atoms with E-state index in [1.165, 1.54) is 51.4 Å². The Morgan fingerprint density at radius 3 is 1.22 bits per heavy atom. The molecule has 9 heteroatoms. The van der Waals surface area contributed by atoms with Gasteiger partial charge in [0.2, 0.25) is 0 Å². The monoisotopic (exact) mass is 368 g/mol. The van der Waals surface area contributed by atoms with Crippen molar-refractivity contribution in [2.24, 2.45) is 0 Å². The summed E-state index contributed by atoms with van der Waals surface area (Å²) in [7, 11) is -4.67. The molecule has 0 spiro atoms. The number of hydrogen-bond donors (Lipinski definition) is 5. The molecule has 0 aromatic heterocycles. The van der Waals surface area contributed by atoms with E-state index in [9.17, 15) is 0 Å². The topological polar surface area (TPSA) is 135 Å². The molecule has 138 valence electrons. The van der Waals surface area contributed by atoms with Gasteiger partial charge in [0, 0.05) is 6.42 Å². The Kier molecular flexibility index (Phi) is 21.8. The van der Waals surface area contributed by atoms with Crippen LogP contribution in [-0.2, 0) is 10.4 Å². The van der Waals surface area contributed by atoms with Gasteiger partial charge in [0.05, 0.1) is 0 Å². The van der Waals surface area contributed by atoms with Crippen LogP contribution in [0.1, 0.15) is 84.0 Å². The van der Waals surface area contributed by atoms with Gasteiger partial charge in [-0.3, -0.25) is 9.11 Å². The first-order valence-electron chi connectivity index (χ1n) is 7.93. The van der Waals surface area contributed by atoms with E-state index in [4.69, 9.17) is 32.8 Å². The summed E-state index contributed by atoms with van der Waals surface area (Å²) < 4.78 is 31.6. The Morgan fingerprint density at radius 2 is 0.957 bits per heavy atom. The molecular weight excluding hydrogens is 335 g/mol. The van der Waals surface area contributed by atoms with Crippen LogP contribution in [0, 0.1) is 0 Å². The molecule has 0 saturated carbocycles. The molecule has 5 N–H and O–H groups in total. The molecule has 0 atom stereocenters. The van der Waals surface area contributed by atoms with Crippen LogP contribution in [0.3, 0.4) is 0 Å². The van der Waals surface area contributed by atoms with E-state index in [0.29, 0.717) is 6.42 Å². The van der Waals surface area contributed by atoms with Crippen molar-refractivity contribution in [1.29, 1.82) is 0 Å². The van der Waals surface area contributed by atoms with E-state index >= 15 is 0 Å². The Morgan fingerprint density at radius 1 is 0.696 bits per heavy atom. The molecule has 0 heterocycles. The van der Waals surface area contributed by atoms with Gasteiger partial charge in [0.1, 0.15) is 0 Å². The summed E-state index contributed by atoms with van der Waals surface area (Å²) in [5.41, 5.74) is 0. The molecular formula is C14H33NaO7S. The van der Waals surface area contributed by atoms with Gasteiger partial charge >= 0.3 is 40.0 Å². The van der Waals surface area contributed by atoms with Crippen LogP contribution in [0.15, 0.2) is 0 Å². The van der Waals surface area contributed by atoms with Gasteiger partial charge < -0.3 is 15.3 Å². The summed E-state index contributed by atoms with van der Waals surface area (Å²) in [5.74, 6) is -2.46. The van der Waals surface area contributed by atoms with E-state index in [2.05, 4.69) is 6.92 Å². The van der Waals surface area contributed by atoms with E-state index in [1.54, 1.807) is 0 Å². The first-order valence-corrected chi connectivity index (χ1v) is 9.33. The first-order chi connectivity index (χ1) is 10.1. The molecule has 0 bridgehead atoms. The number of aliphatic hydroxyl groups is 3. The molecule has 0 radical (unpaired) electrons. The molecule has 0 unspecified atom stereocenters. The molecule has 0 aromatic carbocycles. The average Bonchev–Trinajstić information content (AvgIpc) is 2.32. The molecule has 0 fully saturated rings. The van der Waals surface area contributed by atoms with E-state index in [1.807, 2.05) is 0 Å². The van der Waals surface area contributed by atoms with Gasteiger partial charge in [-0.15, -0.1) is 0 Å². The Bertz CT molecular complexity index is 321. The van der Waals surface area contributed by atoms with Crippen LogP contribution in [0.4, 0.5) is 0 Å². The zero-order valence-corrected chi connectivity index (χ0v) is 14.3. The Balaban J connectivity index is -0.000000578. The minimum atomic E-state index is -4.67. The van der Waals surface area contributed by atoms with Crippen molar-refractivity contribution >= 4 is 40.0 Å². The summed E-state index contributed by atoms with van der Waals surface area (Å²) in [4.78, 5) is 0. The predicted octanol–water partition coefficient (Wildman–Crippen LogP) is 2.02. The third-order valence-electron chi connectivity index (χ3n) is 3.12. The van der Waals surface area contributed by atoms with Gasteiger partial charge in [0.25, 0.3) is 5.97 Å². The second-order valence-electron chi connectivity index (χ2n) is 5.51. The van der Waals surface area contributed by atoms with Gasteiger partial charge in [-0.05, 0) is 6.42 Å². The van der Waals surface area contributed by atoms with Crippen molar-refractivity contribution < 1.29 is 32.8 Å². The van der Waals surface area contributed by atoms with Crippen molar-refractivity contribution in [2.75, 3.05) is 0 Å². The molecule has 0 aliphatic heterocycles. The van der Waals surface area contributed by atoms with Crippen LogP contribution < -0.4 is 0 Å². The second kappa shape index (κ2) is 17.6. The van der Waals surface area contributed by atoms with Crippen LogP contribution in [-0.4, -0.2) is 68.4 Å². The van der Waals surface area contributed by atoms with Crippen molar-refractivity contribution in [1.82, 2.24) is 0 Å². The number of hydrogen-bond acceptors (Lipinski definition) is 5. The second-order valence-corrected chi connectivity index (χ2v) is 6.40. The fraction of sp³-hybridized carbons (Fsp3) is 1.00. The zero-order chi connectivity index (χ0) is 17.5. The average molecular weight is 368 g/mol. The fourth-order valence-electron chi connectivity index (χ4n) is 2.03. The van der Waals surface area contributed by atoms with E-state index in [-0.39, 0.29) is 36.0 Å². The summed E-state index contributed by atoms with van der Waals surface area (Å²) in [6, 6.07) is 0. The van der Waals surface area contributed by atoms with Gasteiger partial charge in [-0.2, -0.15) is 8.42 Å². The van der Waals surface area contributed by atoms with Crippen molar-refractivity contribution in [3.8, 4) is 0 Å².